The molecule has 0 aliphatic heterocycles. The van der Waals surface area contributed by atoms with Crippen LogP contribution < -0.4 is 19.5 Å². The van der Waals surface area contributed by atoms with Crippen LogP contribution in [0.2, 0.25) is 0 Å². The first kappa shape index (κ1) is 26.4. The second kappa shape index (κ2) is 13.0. The van der Waals surface area contributed by atoms with Crippen LogP contribution in [0, 0.1) is 0 Å². The zero-order valence-electron chi connectivity index (χ0n) is 21.8. The molecule has 0 saturated carbocycles. The van der Waals surface area contributed by atoms with E-state index in [9.17, 15) is 4.79 Å². The highest BCUT2D eigenvalue weighted by atomic mass is 16.5. The van der Waals surface area contributed by atoms with E-state index in [2.05, 4.69) is 5.32 Å². The Bertz CT molecular complexity index is 1320. The van der Waals surface area contributed by atoms with E-state index in [1.165, 1.54) is 0 Å². The molecule has 0 unspecified atom stereocenters. The fraction of sp³-hybridized carbons (Fsp3) is 0.156. The van der Waals surface area contributed by atoms with Crippen molar-refractivity contribution in [3.05, 3.63) is 126 Å². The van der Waals surface area contributed by atoms with Gasteiger partial charge in [-0.25, -0.2) is 4.79 Å². The van der Waals surface area contributed by atoms with Crippen LogP contribution >= 0.6 is 0 Å². The van der Waals surface area contributed by atoms with E-state index in [-0.39, 0.29) is 12.1 Å². The number of nitrogens with zero attached hydrogens (tertiary/aromatic N) is 1. The number of methoxy groups -OCH3 is 3. The van der Waals surface area contributed by atoms with Crippen molar-refractivity contribution in [2.45, 2.75) is 6.04 Å². The lowest BCUT2D eigenvalue weighted by Crippen LogP contribution is -2.39. The number of urea groups is 1. The first-order chi connectivity index (χ1) is 18.6. The van der Waals surface area contributed by atoms with Gasteiger partial charge in [0.05, 0.1) is 33.1 Å². The van der Waals surface area contributed by atoms with Gasteiger partial charge in [-0.2, -0.15) is 0 Å². The fourth-order valence-electron chi connectivity index (χ4n) is 4.31. The van der Waals surface area contributed by atoms with Gasteiger partial charge in [-0.05, 0) is 29.3 Å². The molecule has 0 atom stereocenters. The second-order valence-corrected chi connectivity index (χ2v) is 8.52. The van der Waals surface area contributed by atoms with E-state index in [1.807, 2.05) is 97.1 Å². The van der Waals surface area contributed by atoms with Gasteiger partial charge in [0.25, 0.3) is 0 Å². The third kappa shape index (κ3) is 6.34. The van der Waals surface area contributed by atoms with Gasteiger partial charge in [-0.15, -0.1) is 0 Å². The Hall–Kier alpha value is -4.71. The molecule has 6 heteroatoms. The third-order valence-corrected chi connectivity index (χ3v) is 6.19. The number of anilines is 1. The zero-order chi connectivity index (χ0) is 26.7. The van der Waals surface area contributed by atoms with Gasteiger partial charge in [0.2, 0.25) is 0 Å². The molecular formula is C32H32N2O4. The smallest absolute Gasteiger partial charge is 0.323 e. The van der Waals surface area contributed by atoms with E-state index in [0.717, 1.165) is 22.4 Å². The first-order valence-corrected chi connectivity index (χ1v) is 12.3. The number of hydrogen-bond acceptors (Lipinski definition) is 4. The van der Waals surface area contributed by atoms with E-state index in [4.69, 9.17) is 14.2 Å². The zero-order valence-corrected chi connectivity index (χ0v) is 21.8. The van der Waals surface area contributed by atoms with Gasteiger partial charge in [-0.1, -0.05) is 91.0 Å². The summed E-state index contributed by atoms with van der Waals surface area (Å²) in [6, 6.07) is 32.5. The normalized spacial score (nSPS) is 10.8. The molecular weight excluding hydrogens is 476 g/mol. The van der Waals surface area contributed by atoms with Gasteiger partial charge in [0.15, 0.2) is 0 Å². The van der Waals surface area contributed by atoms with Crippen molar-refractivity contribution in [3.63, 3.8) is 0 Å². The number of benzene rings is 4. The summed E-state index contributed by atoms with van der Waals surface area (Å²) in [5.74, 6) is 1.92. The number of rotatable bonds is 10. The van der Waals surface area contributed by atoms with Crippen LogP contribution in [0.5, 0.6) is 17.2 Å². The highest BCUT2D eigenvalue weighted by Gasteiger charge is 2.27. The first-order valence-electron chi connectivity index (χ1n) is 12.3. The Balaban J connectivity index is 1.73. The lowest BCUT2D eigenvalue weighted by atomic mass is 9.97. The minimum absolute atomic E-state index is 0.268. The second-order valence-electron chi connectivity index (χ2n) is 8.52. The summed E-state index contributed by atoms with van der Waals surface area (Å²) in [6.07, 6.45) is 3.95. The lowest BCUT2D eigenvalue weighted by Gasteiger charge is -2.32. The Kier molecular flexibility index (Phi) is 9.03. The molecule has 4 aromatic carbocycles. The monoisotopic (exact) mass is 508 g/mol. The lowest BCUT2D eigenvalue weighted by molar-refractivity contribution is 0.205. The average molecular weight is 509 g/mol. The maximum absolute atomic E-state index is 14.0. The number of para-hydroxylation sites is 1. The molecule has 38 heavy (non-hydrogen) atoms. The highest BCUT2D eigenvalue weighted by Crippen LogP contribution is 2.32. The summed E-state index contributed by atoms with van der Waals surface area (Å²) >= 11 is 0. The molecule has 0 saturated heterocycles. The number of hydrogen-bond donors (Lipinski definition) is 1. The molecule has 0 aliphatic carbocycles. The van der Waals surface area contributed by atoms with Crippen LogP contribution in [0.1, 0.15) is 22.7 Å². The summed E-state index contributed by atoms with van der Waals surface area (Å²) in [7, 11) is 4.80. The van der Waals surface area contributed by atoms with Crippen molar-refractivity contribution in [1.82, 2.24) is 4.90 Å². The summed E-state index contributed by atoms with van der Waals surface area (Å²) in [4.78, 5) is 15.8. The molecule has 0 aromatic heterocycles. The Morgan fingerprint density at radius 2 is 1.37 bits per heavy atom. The summed E-state index contributed by atoms with van der Waals surface area (Å²) in [6.45, 7) is 0.344. The summed E-state index contributed by atoms with van der Waals surface area (Å²) in [5, 5.41) is 3.05. The molecule has 0 radical (unpaired) electrons. The molecule has 194 valence electrons. The predicted octanol–water partition coefficient (Wildman–Crippen LogP) is 7.05. The van der Waals surface area contributed by atoms with Gasteiger partial charge >= 0.3 is 6.03 Å². The molecule has 2 amide bonds. The van der Waals surface area contributed by atoms with Crippen molar-refractivity contribution in [3.8, 4) is 17.2 Å². The van der Waals surface area contributed by atoms with Crippen LogP contribution in [0.25, 0.3) is 6.08 Å². The topological polar surface area (TPSA) is 60.0 Å². The van der Waals surface area contributed by atoms with Crippen LogP contribution in [-0.2, 0) is 0 Å². The van der Waals surface area contributed by atoms with Crippen molar-refractivity contribution in [1.29, 1.82) is 0 Å². The number of nitrogens with one attached hydrogen (secondary N) is 1. The minimum Gasteiger partial charge on any atom is -0.497 e. The Morgan fingerprint density at radius 3 is 1.97 bits per heavy atom. The largest absolute Gasteiger partial charge is 0.497 e. The van der Waals surface area contributed by atoms with E-state index in [0.29, 0.717) is 23.7 Å². The number of ether oxygens (including phenoxy) is 3. The number of carbonyl (C=O) groups excluding carboxylic acids is 1. The van der Waals surface area contributed by atoms with Crippen LogP contribution in [0.15, 0.2) is 109 Å². The molecule has 0 fully saturated rings. The van der Waals surface area contributed by atoms with Gasteiger partial charge < -0.3 is 24.4 Å². The van der Waals surface area contributed by atoms with Crippen molar-refractivity contribution >= 4 is 17.8 Å². The molecule has 6 nitrogen and oxygen atoms in total. The third-order valence-electron chi connectivity index (χ3n) is 6.19. The van der Waals surface area contributed by atoms with Crippen molar-refractivity contribution in [2.75, 3.05) is 33.2 Å². The van der Waals surface area contributed by atoms with Gasteiger partial charge in [-0.3, -0.25) is 0 Å². The van der Waals surface area contributed by atoms with Crippen LogP contribution in [0.3, 0.4) is 0 Å². The molecule has 1 N–H and O–H groups in total. The summed E-state index contributed by atoms with van der Waals surface area (Å²) in [5.41, 5.74) is 3.49. The van der Waals surface area contributed by atoms with Crippen molar-refractivity contribution < 1.29 is 19.0 Å². The van der Waals surface area contributed by atoms with Crippen LogP contribution in [0.4, 0.5) is 10.5 Å². The predicted molar refractivity (Wildman–Crippen MR) is 152 cm³/mol. The Labute approximate surface area is 224 Å². The molecule has 0 heterocycles. The Morgan fingerprint density at radius 1 is 0.763 bits per heavy atom. The summed E-state index contributed by atoms with van der Waals surface area (Å²) < 4.78 is 16.3. The maximum Gasteiger partial charge on any atom is 0.323 e. The van der Waals surface area contributed by atoms with Gasteiger partial charge in [0.1, 0.15) is 17.2 Å². The van der Waals surface area contributed by atoms with E-state index < -0.39 is 0 Å². The van der Waals surface area contributed by atoms with E-state index in [1.54, 1.807) is 44.4 Å². The fourth-order valence-corrected chi connectivity index (χ4v) is 4.31. The minimum atomic E-state index is -0.330. The molecule has 0 spiro atoms. The average Bonchev–Trinajstić information content (AvgIpc) is 2.98. The number of amides is 2. The molecule has 4 rings (SSSR count). The molecule has 0 bridgehead atoms. The van der Waals surface area contributed by atoms with E-state index >= 15 is 0 Å². The quantitative estimate of drug-likeness (QED) is 0.249. The van der Waals surface area contributed by atoms with Crippen LogP contribution in [-0.4, -0.2) is 38.8 Å². The molecule has 0 aliphatic rings. The van der Waals surface area contributed by atoms with Crippen molar-refractivity contribution in [2.24, 2.45) is 0 Å². The SMILES string of the molecule is COc1ccc(NC(=O)N(C/C=C/c2ccccc2OC)C(c2ccccc2)c2ccccc2)c(OC)c1. The highest BCUT2D eigenvalue weighted by molar-refractivity contribution is 5.92. The van der Waals surface area contributed by atoms with Gasteiger partial charge in [0, 0.05) is 18.2 Å². The standard InChI is InChI=1S/C32H32N2O4/c1-36-27-20-21-28(30(23-27)38-3)33-32(35)34(22-12-18-24-13-10-11-19-29(24)37-2)31(25-14-6-4-7-15-25)26-16-8-5-9-17-26/h4-21,23,31H,22H2,1-3H3,(H,33,35)/b18-12+. The maximum atomic E-state index is 14.0. The number of carbonyl (C=O) groups is 1. The molecule has 4 aromatic rings.